The highest BCUT2D eigenvalue weighted by atomic mass is 35.5. The number of rotatable bonds is 2. The van der Waals surface area contributed by atoms with E-state index in [0.29, 0.717) is 21.8 Å². The highest BCUT2D eigenvalue weighted by Gasteiger charge is 2.30. The Kier molecular flexibility index (Phi) is 3.57. The van der Waals surface area contributed by atoms with E-state index in [1.807, 2.05) is 0 Å². The number of hydrogen-bond donors (Lipinski definition) is 1. The van der Waals surface area contributed by atoms with Crippen molar-refractivity contribution in [1.82, 2.24) is 0 Å². The van der Waals surface area contributed by atoms with Crippen LogP contribution < -0.4 is 10.5 Å². The Morgan fingerprint density at radius 3 is 2.21 bits per heavy atom. The van der Waals surface area contributed by atoms with Crippen LogP contribution in [-0.2, 0) is 0 Å². The Labute approximate surface area is 112 Å². The van der Waals surface area contributed by atoms with Crippen molar-refractivity contribution in [2.24, 2.45) is 0 Å². The number of anilines is 1. The maximum absolute atomic E-state index is 12.0. The summed E-state index contributed by atoms with van der Waals surface area (Å²) in [5.74, 6) is -0.281. The van der Waals surface area contributed by atoms with Gasteiger partial charge in [-0.3, -0.25) is 0 Å². The van der Waals surface area contributed by atoms with Gasteiger partial charge in [0.25, 0.3) is 0 Å². The fraction of sp³-hybridized carbons (Fsp3) is 0.0769. The van der Waals surface area contributed by atoms with Gasteiger partial charge in [-0.2, -0.15) is 0 Å². The van der Waals surface area contributed by atoms with E-state index in [4.69, 9.17) is 17.3 Å². The van der Waals surface area contributed by atoms with E-state index in [-0.39, 0.29) is 5.75 Å². The van der Waals surface area contributed by atoms with Crippen LogP contribution in [0.5, 0.6) is 5.75 Å². The molecule has 2 nitrogen and oxygen atoms in total. The fourth-order valence-electron chi connectivity index (χ4n) is 1.61. The van der Waals surface area contributed by atoms with Crippen molar-refractivity contribution in [3.05, 3.63) is 47.5 Å². The Hall–Kier alpha value is -1.88. The van der Waals surface area contributed by atoms with Crippen molar-refractivity contribution in [2.75, 3.05) is 5.73 Å². The van der Waals surface area contributed by atoms with Crippen molar-refractivity contribution in [2.45, 2.75) is 6.36 Å². The standard InChI is InChI=1S/C13H9ClF3NO/c14-12-10(2-1-3-11(12)18)8-4-6-9(7-5-8)19-13(15,16)17/h1-7H,18H2. The third-order valence-electron chi connectivity index (χ3n) is 2.43. The number of benzene rings is 2. The molecule has 2 aromatic carbocycles. The number of nitrogen functional groups attached to an aromatic ring is 1. The molecule has 19 heavy (non-hydrogen) atoms. The van der Waals surface area contributed by atoms with E-state index >= 15 is 0 Å². The van der Waals surface area contributed by atoms with Crippen LogP contribution in [0.3, 0.4) is 0 Å². The van der Waals surface area contributed by atoms with Crippen LogP contribution in [0.1, 0.15) is 0 Å². The van der Waals surface area contributed by atoms with Gasteiger partial charge in [0.2, 0.25) is 0 Å². The molecule has 0 fully saturated rings. The third-order valence-corrected chi connectivity index (χ3v) is 2.85. The second-order valence-corrected chi connectivity index (χ2v) is 4.16. The molecule has 2 aromatic rings. The summed E-state index contributed by atoms with van der Waals surface area (Å²) in [7, 11) is 0. The van der Waals surface area contributed by atoms with Crippen LogP contribution in [0.4, 0.5) is 18.9 Å². The average Bonchev–Trinajstić information content (AvgIpc) is 2.32. The Balaban J connectivity index is 2.30. The smallest absolute Gasteiger partial charge is 0.406 e. The number of alkyl halides is 3. The minimum Gasteiger partial charge on any atom is -0.406 e. The monoisotopic (exact) mass is 287 g/mol. The topological polar surface area (TPSA) is 35.2 Å². The summed E-state index contributed by atoms with van der Waals surface area (Å²) < 4.78 is 39.9. The second kappa shape index (κ2) is 5.01. The summed E-state index contributed by atoms with van der Waals surface area (Å²) in [6, 6.07) is 10.5. The maximum Gasteiger partial charge on any atom is 0.573 e. The first kappa shape index (κ1) is 13.5. The highest BCUT2D eigenvalue weighted by molar-refractivity contribution is 6.35. The molecule has 2 N–H and O–H groups in total. The van der Waals surface area contributed by atoms with Gasteiger partial charge in [0.15, 0.2) is 0 Å². The first-order valence-corrected chi connectivity index (χ1v) is 5.65. The molecule has 0 aliphatic heterocycles. The highest BCUT2D eigenvalue weighted by Crippen LogP contribution is 2.33. The molecule has 0 spiro atoms. The normalized spacial score (nSPS) is 11.4. The van der Waals surface area contributed by atoms with Crippen molar-refractivity contribution in [3.8, 4) is 16.9 Å². The van der Waals surface area contributed by atoms with E-state index in [1.54, 1.807) is 18.2 Å². The van der Waals surface area contributed by atoms with Crippen molar-refractivity contribution in [3.63, 3.8) is 0 Å². The second-order valence-electron chi connectivity index (χ2n) is 3.78. The molecule has 0 saturated heterocycles. The van der Waals surface area contributed by atoms with Crippen LogP contribution in [0.15, 0.2) is 42.5 Å². The van der Waals surface area contributed by atoms with E-state index < -0.39 is 6.36 Å². The number of ether oxygens (including phenoxy) is 1. The molecule has 0 aliphatic carbocycles. The molecule has 0 saturated carbocycles. The van der Waals surface area contributed by atoms with Crippen LogP contribution in [0.25, 0.3) is 11.1 Å². The molecular weight excluding hydrogens is 279 g/mol. The summed E-state index contributed by atoms with van der Waals surface area (Å²) in [5, 5.41) is 0.368. The largest absolute Gasteiger partial charge is 0.573 e. The Morgan fingerprint density at radius 2 is 1.63 bits per heavy atom. The molecule has 0 radical (unpaired) electrons. The molecule has 0 atom stereocenters. The molecule has 0 aliphatic rings. The van der Waals surface area contributed by atoms with Crippen molar-refractivity contribution in [1.29, 1.82) is 0 Å². The van der Waals surface area contributed by atoms with Crippen molar-refractivity contribution >= 4 is 17.3 Å². The van der Waals surface area contributed by atoms with E-state index in [1.165, 1.54) is 24.3 Å². The zero-order valence-corrected chi connectivity index (χ0v) is 10.3. The van der Waals surface area contributed by atoms with E-state index in [9.17, 15) is 13.2 Å². The van der Waals surface area contributed by atoms with Gasteiger partial charge in [-0.15, -0.1) is 13.2 Å². The van der Waals surface area contributed by atoms with Gasteiger partial charge in [-0.05, 0) is 23.8 Å². The fourth-order valence-corrected chi connectivity index (χ4v) is 1.84. The van der Waals surface area contributed by atoms with Gasteiger partial charge in [-0.25, -0.2) is 0 Å². The third kappa shape index (κ3) is 3.32. The number of nitrogens with two attached hydrogens (primary N) is 1. The quantitative estimate of drug-likeness (QED) is 0.826. The summed E-state index contributed by atoms with van der Waals surface area (Å²) in [6.45, 7) is 0. The minimum atomic E-state index is -4.70. The first-order valence-electron chi connectivity index (χ1n) is 5.27. The van der Waals surface area contributed by atoms with Crippen LogP contribution in [-0.4, -0.2) is 6.36 Å². The Bertz CT molecular complexity index is 581. The number of halogens is 4. The van der Waals surface area contributed by atoms with Gasteiger partial charge in [-0.1, -0.05) is 35.9 Å². The van der Waals surface area contributed by atoms with Gasteiger partial charge in [0.1, 0.15) is 5.75 Å². The van der Waals surface area contributed by atoms with Gasteiger partial charge in [0.05, 0.1) is 10.7 Å². The van der Waals surface area contributed by atoms with Crippen LogP contribution >= 0.6 is 11.6 Å². The lowest BCUT2D eigenvalue weighted by Crippen LogP contribution is -2.16. The zero-order valence-electron chi connectivity index (χ0n) is 9.54. The molecule has 0 aromatic heterocycles. The van der Waals surface area contributed by atoms with E-state index in [0.717, 1.165) is 0 Å². The SMILES string of the molecule is Nc1cccc(-c2ccc(OC(F)(F)F)cc2)c1Cl. The molecule has 2 rings (SSSR count). The van der Waals surface area contributed by atoms with Gasteiger partial charge in [0, 0.05) is 5.56 Å². The first-order chi connectivity index (χ1) is 8.87. The van der Waals surface area contributed by atoms with Crippen LogP contribution in [0.2, 0.25) is 5.02 Å². The van der Waals surface area contributed by atoms with E-state index in [2.05, 4.69) is 4.74 Å². The zero-order chi connectivity index (χ0) is 14.0. The Morgan fingerprint density at radius 1 is 1.00 bits per heavy atom. The molecular formula is C13H9ClF3NO. The number of hydrogen-bond acceptors (Lipinski definition) is 2. The summed E-state index contributed by atoms with van der Waals surface area (Å²) in [4.78, 5) is 0. The average molecular weight is 288 g/mol. The van der Waals surface area contributed by atoms with Gasteiger partial charge >= 0.3 is 6.36 Å². The lowest BCUT2D eigenvalue weighted by Gasteiger charge is -2.10. The lowest BCUT2D eigenvalue weighted by molar-refractivity contribution is -0.274. The lowest BCUT2D eigenvalue weighted by atomic mass is 10.0. The molecule has 0 bridgehead atoms. The summed E-state index contributed by atoms with van der Waals surface area (Å²) >= 11 is 6.04. The van der Waals surface area contributed by atoms with Gasteiger partial charge < -0.3 is 10.5 Å². The molecule has 0 heterocycles. The van der Waals surface area contributed by atoms with Crippen molar-refractivity contribution < 1.29 is 17.9 Å². The van der Waals surface area contributed by atoms with Crippen LogP contribution in [0, 0.1) is 0 Å². The minimum absolute atomic E-state index is 0.281. The predicted molar refractivity (Wildman–Crippen MR) is 68.0 cm³/mol. The maximum atomic E-state index is 12.0. The molecule has 6 heteroatoms. The molecule has 100 valence electrons. The summed E-state index contributed by atoms with van der Waals surface area (Å²) in [6.07, 6.45) is -4.70. The summed E-state index contributed by atoms with van der Waals surface area (Å²) in [5.41, 5.74) is 7.39. The predicted octanol–water partition coefficient (Wildman–Crippen LogP) is 4.49. The molecule has 0 amide bonds. The molecule has 0 unspecified atom stereocenters.